The smallest absolute Gasteiger partial charge is 0.320 e. The molecular formula is C13H23N3O4. The van der Waals surface area contributed by atoms with Crippen molar-refractivity contribution < 1.29 is 19.5 Å². The molecule has 1 rings (SSSR count). The van der Waals surface area contributed by atoms with E-state index in [9.17, 15) is 14.4 Å². The van der Waals surface area contributed by atoms with Gasteiger partial charge in [-0.2, -0.15) is 0 Å². The van der Waals surface area contributed by atoms with E-state index in [-0.39, 0.29) is 36.9 Å². The van der Waals surface area contributed by atoms with Crippen molar-refractivity contribution in [2.45, 2.75) is 33.2 Å². The van der Waals surface area contributed by atoms with Crippen LogP contribution in [0.15, 0.2) is 0 Å². The topological polar surface area (TPSA) is 90.0 Å². The van der Waals surface area contributed by atoms with E-state index in [4.69, 9.17) is 5.11 Å². The summed E-state index contributed by atoms with van der Waals surface area (Å²) in [5.41, 5.74) is 0. The Kier molecular flexibility index (Phi) is 5.79. The number of amides is 3. The van der Waals surface area contributed by atoms with Gasteiger partial charge in [-0.05, 0) is 20.8 Å². The summed E-state index contributed by atoms with van der Waals surface area (Å²) >= 11 is 0. The fourth-order valence-corrected chi connectivity index (χ4v) is 2.16. The molecule has 0 aromatic heterocycles. The molecule has 1 heterocycles. The molecule has 0 aromatic carbocycles. The number of likely N-dealkylation sites (N-methyl/N-ethyl adjacent to an activating group) is 1. The molecular weight excluding hydrogens is 262 g/mol. The van der Waals surface area contributed by atoms with Gasteiger partial charge in [0.1, 0.15) is 6.54 Å². The Morgan fingerprint density at radius 1 is 1.35 bits per heavy atom. The molecule has 0 spiro atoms. The predicted octanol–water partition coefficient (Wildman–Crippen LogP) is 0.359. The molecule has 1 aliphatic rings. The van der Waals surface area contributed by atoms with Crippen LogP contribution in [-0.2, 0) is 9.59 Å². The Morgan fingerprint density at radius 2 is 1.95 bits per heavy atom. The van der Waals surface area contributed by atoms with Crippen LogP contribution in [0.3, 0.4) is 0 Å². The SMILES string of the molecule is CCN(CC(=O)NC(C)C)C(=O)N1CC(CC(=O)O)C1. The van der Waals surface area contributed by atoms with E-state index in [1.807, 2.05) is 20.8 Å². The van der Waals surface area contributed by atoms with Crippen LogP contribution >= 0.6 is 0 Å². The molecule has 0 aliphatic carbocycles. The second-order valence-corrected chi connectivity index (χ2v) is 5.39. The van der Waals surface area contributed by atoms with Crippen molar-refractivity contribution in [1.29, 1.82) is 0 Å². The van der Waals surface area contributed by atoms with Gasteiger partial charge in [-0.3, -0.25) is 9.59 Å². The number of carbonyl (C=O) groups is 3. The van der Waals surface area contributed by atoms with E-state index in [1.165, 1.54) is 4.90 Å². The zero-order chi connectivity index (χ0) is 15.3. The van der Waals surface area contributed by atoms with Gasteiger partial charge in [0, 0.05) is 31.6 Å². The summed E-state index contributed by atoms with van der Waals surface area (Å²) in [7, 11) is 0. The lowest BCUT2D eigenvalue weighted by Gasteiger charge is -2.41. The lowest BCUT2D eigenvalue weighted by Crippen LogP contribution is -2.56. The Bertz CT molecular complexity index is 378. The molecule has 0 atom stereocenters. The quantitative estimate of drug-likeness (QED) is 0.737. The number of likely N-dealkylation sites (tertiary alicyclic amines) is 1. The summed E-state index contributed by atoms with van der Waals surface area (Å²) in [6.45, 7) is 6.93. The molecule has 114 valence electrons. The van der Waals surface area contributed by atoms with Crippen molar-refractivity contribution in [2.24, 2.45) is 5.92 Å². The first kappa shape index (κ1) is 16.3. The first-order valence-electron chi connectivity index (χ1n) is 6.88. The maximum atomic E-state index is 12.1. The van der Waals surface area contributed by atoms with E-state index in [2.05, 4.69) is 5.32 Å². The Labute approximate surface area is 118 Å². The van der Waals surface area contributed by atoms with Gasteiger partial charge in [0.15, 0.2) is 0 Å². The van der Waals surface area contributed by atoms with E-state index in [0.717, 1.165) is 0 Å². The van der Waals surface area contributed by atoms with Crippen LogP contribution in [0.1, 0.15) is 27.2 Å². The van der Waals surface area contributed by atoms with Crippen LogP contribution < -0.4 is 5.32 Å². The number of carboxylic acid groups (broad SMARTS) is 1. The number of hydrogen-bond acceptors (Lipinski definition) is 3. The predicted molar refractivity (Wildman–Crippen MR) is 73.2 cm³/mol. The first-order valence-corrected chi connectivity index (χ1v) is 6.88. The molecule has 2 N–H and O–H groups in total. The highest BCUT2D eigenvalue weighted by Gasteiger charge is 2.34. The highest BCUT2D eigenvalue weighted by atomic mass is 16.4. The second kappa shape index (κ2) is 7.12. The van der Waals surface area contributed by atoms with Crippen LogP contribution in [0.25, 0.3) is 0 Å². The summed E-state index contributed by atoms with van der Waals surface area (Å²) in [4.78, 5) is 37.4. The van der Waals surface area contributed by atoms with Crippen molar-refractivity contribution in [3.63, 3.8) is 0 Å². The van der Waals surface area contributed by atoms with E-state index in [0.29, 0.717) is 19.6 Å². The summed E-state index contributed by atoms with van der Waals surface area (Å²) in [6.07, 6.45) is 0.0870. The normalized spacial score (nSPS) is 14.9. The molecule has 1 fully saturated rings. The maximum Gasteiger partial charge on any atom is 0.320 e. The van der Waals surface area contributed by atoms with Gasteiger partial charge in [0.05, 0.1) is 6.42 Å². The molecule has 7 nitrogen and oxygen atoms in total. The molecule has 0 aromatic rings. The fourth-order valence-electron chi connectivity index (χ4n) is 2.16. The van der Waals surface area contributed by atoms with Gasteiger partial charge in [-0.1, -0.05) is 0 Å². The van der Waals surface area contributed by atoms with Crippen LogP contribution in [0.4, 0.5) is 4.79 Å². The number of carboxylic acids is 1. The van der Waals surface area contributed by atoms with Gasteiger partial charge in [-0.15, -0.1) is 0 Å². The monoisotopic (exact) mass is 285 g/mol. The van der Waals surface area contributed by atoms with Crippen molar-refractivity contribution in [2.75, 3.05) is 26.2 Å². The number of nitrogens with one attached hydrogen (secondary N) is 1. The Balaban J connectivity index is 2.41. The highest BCUT2D eigenvalue weighted by molar-refractivity contribution is 5.84. The van der Waals surface area contributed by atoms with Crippen molar-refractivity contribution in [1.82, 2.24) is 15.1 Å². The largest absolute Gasteiger partial charge is 0.481 e. The summed E-state index contributed by atoms with van der Waals surface area (Å²) in [6, 6.07) is -0.159. The number of carbonyl (C=O) groups excluding carboxylic acids is 2. The van der Waals surface area contributed by atoms with E-state index in [1.54, 1.807) is 4.90 Å². The third kappa shape index (κ3) is 4.71. The van der Waals surface area contributed by atoms with Crippen LogP contribution in [0, 0.1) is 5.92 Å². The second-order valence-electron chi connectivity index (χ2n) is 5.39. The van der Waals surface area contributed by atoms with E-state index >= 15 is 0 Å². The molecule has 1 saturated heterocycles. The van der Waals surface area contributed by atoms with Crippen molar-refractivity contribution in [3.05, 3.63) is 0 Å². The standard InChI is InChI=1S/C13H23N3O4/c1-4-15(8-11(17)14-9(2)3)13(20)16-6-10(7-16)5-12(18)19/h9-10H,4-8H2,1-3H3,(H,14,17)(H,18,19). The molecule has 0 saturated carbocycles. The van der Waals surface area contributed by atoms with Gasteiger partial charge < -0.3 is 20.2 Å². The fraction of sp³-hybridized carbons (Fsp3) is 0.769. The number of urea groups is 1. The maximum absolute atomic E-state index is 12.1. The summed E-state index contributed by atoms with van der Waals surface area (Å²) < 4.78 is 0. The number of nitrogens with zero attached hydrogens (tertiary/aromatic N) is 2. The molecule has 0 radical (unpaired) electrons. The minimum absolute atomic E-state index is 0.0275. The van der Waals surface area contributed by atoms with Gasteiger partial charge in [0.2, 0.25) is 5.91 Å². The summed E-state index contributed by atoms with van der Waals surface area (Å²) in [5.74, 6) is -0.997. The lowest BCUT2D eigenvalue weighted by atomic mass is 9.97. The minimum Gasteiger partial charge on any atom is -0.481 e. The minimum atomic E-state index is -0.842. The average molecular weight is 285 g/mol. The molecule has 20 heavy (non-hydrogen) atoms. The van der Waals surface area contributed by atoms with Gasteiger partial charge >= 0.3 is 12.0 Å². The van der Waals surface area contributed by atoms with Crippen molar-refractivity contribution in [3.8, 4) is 0 Å². The van der Waals surface area contributed by atoms with Crippen LogP contribution in [-0.4, -0.2) is 65.0 Å². The molecule has 1 aliphatic heterocycles. The molecule has 0 bridgehead atoms. The number of hydrogen-bond donors (Lipinski definition) is 2. The van der Waals surface area contributed by atoms with Crippen LogP contribution in [0.5, 0.6) is 0 Å². The zero-order valence-electron chi connectivity index (χ0n) is 12.3. The zero-order valence-corrected chi connectivity index (χ0v) is 12.3. The lowest BCUT2D eigenvalue weighted by molar-refractivity contribution is -0.139. The van der Waals surface area contributed by atoms with Gasteiger partial charge in [-0.25, -0.2) is 4.79 Å². The third-order valence-electron chi connectivity index (χ3n) is 3.13. The number of rotatable bonds is 6. The van der Waals surface area contributed by atoms with Gasteiger partial charge in [0.25, 0.3) is 0 Å². The average Bonchev–Trinajstić information content (AvgIpc) is 2.28. The summed E-state index contributed by atoms with van der Waals surface area (Å²) in [5, 5.41) is 11.4. The Morgan fingerprint density at radius 3 is 2.40 bits per heavy atom. The van der Waals surface area contributed by atoms with E-state index < -0.39 is 5.97 Å². The molecule has 0 unspecified atom stereocenters. The van der Waals surface area contributed by atoms with Crippen molar-refractivity contribution >= 4 is 17.9 Å². The highest BCUT2D eigenvalue weighted by Crippen LogP contribution is 2.20. The number of aliphatic carboxylic acids is 1. The van der Waals surface area contributed by atoms with Crippen LogP contribution in [0.2, 0.25) is 0 Å². The molecule has 7 heteroatoms. The Hall–Kier alpha value is -1.79. The third-order valence-corrected chi connectivity index (χ3v) is 3.13. The first-order chi connectivity index (χ1) is 9.33. The molecule has 3 amide bonds.